The molecule has 102 valence electrons. The van der Waals surface area contributed by atoms with Crippen molar-refractivity contribution in [2.24, 2.45) is 5.92 Å². The Hall–Kier alpha value is -0.610. The summed E-state index contributed by atoms with van der Waals surface area (Å²) in [7, 11) is 5.61. The van der Waals surface area contributed by atoms with Crippen LogP contribution in [0.5, 0.6) is 0 Å². The fourth-order valence-corrected chi connectivity index (χ4v) is 1.51. The number of carbonyl (C=O) groups excluding carboxylic acids is 1. The summed E-state index contributed by atoms with van der Waals surface area (Å²) in [4.78, 5) is 16.3. The summed E-state index contributed by atoms with van der Waals surface area (Å²) in [6.45, 7) is 10.3. The van der Waals surface area contributed by atoms with Crippen LogP contribution in [0, 0.1) is 5.92 Å². The molecule has 0 aromatic heterocycles. The van der Waals surface area contributed by atoms with Gasteiger partial charge in [-0.05, 0) is 33.9 Å². The molecule has 0 bridgehead atoms. The third-order valence-electron chi connectivity index (χ3n) is 2.72. The van der Waals surface area contributed by atoms with Crippen molar-refractivity contribution in [1.82, 2.24) is 9.80 Å². The summed E-state index contributed by atoms with van der Waals surface area (Å²) >= 11 is 0. The number of methoxy groups -OCH3 is 1. The van der Waals surface area contributed by atoms with Gasteiger partial charge in [-0.15, -0.1) is 0 Å². The van der Waals surface area contributed by atoms with Crippen molar-refractivity contribution in [3.8, 4) is 0 Å². The van der Waals surface area contributed by atoms with Crippen LogP contribution in [0.4, 0.5) is 0 Å². The van der Waals surface area contributed by atoms with Crippen molar-refractivity contribution in [2.45, 2.75) is 33.3 Å². The highest BCUT2D eigenvalue weighted by atomic mass is 16.5. The third-order valence-corrected chi connectivity index (χ3v) is 2.72. The van der Waals surface area contributed by atoms with Crippen LogP contribution >= 0.6 is 0 Å². The van der Waals surface area contributed by atoms with E-state index in [1.807, 2.05) is 32.8 Å². The van der Waals surface area contributed by atoms with Gasteiger partial charge in [-0.25, -0.2) is 0 Å². The maximum atomic E-state index is 12.3. The van der Waals surface area contributed by atoms with Crippen LogP contribution in [-0.4, -0.2) is 62.1 Å². The second-order valence-electron chi connectivity index (χ2n) is 5.66. The van der Waals surface area contributed by atoms with Gasteiger partial charge in [-0.1, -0.05) is 13.8 Å². The summed E-state index contributed by atoms with van der Waals surface area (Å²) in [6, 6.07) is 0. The highest BCUT2D eigenvalue weighted by molar-refractivity contribution is 5.84. The molecule has 0 aliphatic carbocycles. The first-order valence-electron chi connectivity index (χ1n) is 6.20. The number of nitrogens with zero attached hydrogens (tertiary/aromatic N) is 2. The maximum absolute atomic E-state index is 12.3. The Balaban J connectivity index is 4.61. The van der Waals surface area contributed by atoms with Gasteiger partial charge in [-0.3, -0.25) is 4.79 Å². The van der Waals surface area contributed by atoms with Crippen LogP contribution < -0.4 is 0 Å². The first kappa shape index (κ1) is 16.4. The van der Waals surface area contributed by atoms with Crippen LogP contribution in [-0.2, 0) is 9.53 Å². The van der Waals surface area contributed by atoms with Crippen LogP contribution in [0.1, 0.15) is 27.7 Å². The van der Waals surface area contributed by atoms with Gasteiger partial charge in [0.2, 0.25) is 0 Å². The Bertz CT molecular complexity index is 238. The molecule has 0 saturated carbocycles. The Morgan fingerprint density at radius 2 is 1.76 bits per heavy atom. The second-order valence-corrected chi connectivity index (χ2v) is 5.66. The Morgan fingerprint density at radius 3 is 2.12 bits per heavy atom. The van der Waals surface area contributed by atoms with Crippen molar-refractivity contribution in [3.63, 3.8) is 0 Å². The number of carbonyl (C=O) groups is 1. The van der Waals surface area contributed by atoms with E-state index in [2.05, 4.69) is 18.7 Å². The van der Waals surface area contributed by atoms with E-state index in [0.29, 0.717) is 5.92 Å². The zero-order valence-electron chi connectivity index (χ0n) is 12.4. The number of rotatable bonds is 7. The highest BCUT2D eigenvalue weighted by Crippen LogP contribution is 2.13. The standard InChI is InChI=1S/C13H28N2O2/c1-11(2)10-15(9-8-14(5)6)12(16)13(3,4)17-7/h11H,8-10H2,1-7H3. The monoisotopic (exact) mass is 244 g/mol. The Labute approximate surface area is 106 Å². The normalized spacial score (nSPS) is 12.3. The van der Waals surface area contributed by atoms with Crippen molar-refractivity contribution in [2.75, 3.05) is 40.8 Å². The fraction of sp³-hybridized carbons (Fsp3) is 0.923. The molecule has 1 amide bonds. The van der Waals surface area contributed by atoms with E-state index in [1.165, 1.54) is 0 Å². The lowest BCUT2D eigenvalue weighted by Crippen LogP contribution is -2.49. The molecule has 0 unspecified atom stereocenters. The lowest BCUT2D eigenvalue weighted by Gasteiger charge is -2.32. The first-order chi connectivity index (χ1) is 7.70. The molecule has 4 nitrogen and oxygen atoms in total. The average molecular weight is 244 g/mol. The molecule has 4 heteroatoms. The molecule has 0 N–H and O–H groups in total. The molecular formula is C13H28N2O2. The fourth-order valence-electron chi connectivity index (χ4n) is 1.51. The SMILES string of the molecule is COC(C)(C)C(=O)N(CCN(C)C)CC(C)C. The molecule has 0 saturated heterocycles. The van der Waals surface area contributed by atoms with Crippen LogP contribution in [0.15, 0.2) is 0 Å². The highest BCUT2D eigenvalue weighted by Gasteiger charge is 2.31. The number of likely N-dealkylation sites (N-methyl/N-ethyl adjacent to an activating group) is 1. The largest absolute Gasteiger partial charge is 0.369 e. The van der Waals surface area contributed by atoms with E-state index >= 15 is 0 Å². The number of hydrogen-bond donors (Lipinski definition) is 0. The minimum absolute atomic E-state index is 0.0653. The van der Waals surface area contributed by atoms with Crippen molar-refractivity contribution < 1.29 is 9.53 Å². The predicted octanol–water partition coefficient (Wildman–Crippen LogP) is 1.46. The van der Waals surface area contributed by atoms with Crippen molar-refractivity contribution in [3.05, 3.63) is 0 Å². The molecule has 0 aliphatic rings. The van der Waals surface area contributed by atoms with E-state index in [4.69, 9.17) is 4.74 Å². The van der Waals surface area contributed by atoms with Crippen LogP contribution in [0.2, 0.25) is 0 Å². The minimum atomic E-state index is -0.735. The van der Waals surface area contributed by atoms with Gasteiger partial charge in [0.15, 0.2) is 0 Å². The van der Waals surface area contributed by atoms with Gasteiger partial charge in [0, 0.05) is 26.7 Å². The Morgan fingerprint density at radius 1 is 1.24 bits per heavy atom. The van der Waals surface area contributed by atoms with Gasteiger partial charge >= 0.3 is 0 Å². The topological polar surface area (TPSA) is 32.8 Å². The van der Waals surface area contributed by atoms with Gasteiger partial charge in [-0.2, -0.15) is 0 Å². The van der Waals surface area contributed by atoms with E-state index < -0.39 is 5.60 Å². The summed E-state index contributed by atoms with van der Waals surface area (Å²) in [5.74, 6) is 0.532. The zero-order valence-corrected chi connectivity index (χ0v) is 12.4. The molecule has 0 aromatic rings. The third kappa shape index (κ3) is 6.03. The molecule has 0 heterocycles. The predicted molar refractivity (Wildman–Crippen MR) is 71.1 cm³/mol. The lowest BCUT2D eigenvalue weighted by molar-refractivity contribution is -0.151. The van der Waals surface area contributed by atoms with Gasteiger partial charge in [0.1, 0.15) is 5.60 Å². The van der Waals surface area contributed by atoms with Crippen LogP contribution in [0.3, 0.4) is 0 Å². The number of ether oxygens (including phenoxy) is 1. The molecule has 0 fully saturated rings. The average Bonchev–Trinajstić information content (AvgIpc) is 2.22. The van der Waals surface area contributed by atoms with E-state index in [0.717, 1.165) is 19.6 Å². The number of amides is 1. The summed E-state index contributed by atoms with van der Waals surface area (Å²) < 4.78 is 5.26. The molecule has 0 rings (SSSR count). The van der Waals surface area contributed by atoms with Gasteiger partial charge in [0.05, 0.1) is 0 Å². The molecule has 0 aliphatic heterocycles. The molecule has 0 spiro atoms. The van der Waals surface area contributed by atoms with E-state index in [1.54, 1.807) is 7.11 Å². The number of hydrogen-bond acceptors (Lipinski definition) is 3. The lowest BCUT2D eigenvalue weighted by atomic mass is 10.1. The van der Waals surface area contributed by atoms with E-state index in [-0.39, 0.29) is 5.91 Å². The smallest absolute Gasteiger partial charge is 0.254 e. The molecule has 0 atom stereocenters. The molecule has 0 aromatic carbocycles. The maximum Gasteiger partial charge on any atom is 0.254 e. The summed E-state index contributed by atoms with van der Waals surface area (Å²) in [6.07, 6.45) is 0. The second kappa shape index (κ2) is 6.97. The van der Waals surface area contributed by atoms with Crippen LogP contribution in [0.25, 0.3) is 0 Å². The summed E-state index contributed by atoms with van der Waals surface area (Å²) in [5.41, 5.74) is -0.735. The van der Waals surface area contributed by atoms with E-state index in [9.17, 15) is 4.79 Å². The zero-order chi connectivity index (χ0) is 13.6. The first-order valence-corrected chi connectivity index (χ1v) is 6.20. The summed E-state index contributed by atoms with van der Waals surface area (Å²) in [5, 5.41) is 0. The van der Waals surface area contributed by atoms with Gasteiger partial charge in [0.25, 0.3) is 5.91 Å². The van der Waals surface area contributed by atoms with Crippen molar-refractivity contribution in [1.29, 1.82) is 0 Å². The van der Waals surface area contributed by atoms with Crippen molar-refractivity contribution >= 4 is 5.91 Å². The molecule has 17 heavy (non-hydrogen) atoms. The van der Waals surface area contributed by atoms with Gasteiger partial charge < -0.3 is 14.5 Å². The molecular weight excluding hydrogens is 216 g/mol. The Kier molecular flexibility index (Phi) is 6.72. The quantitative estimate of drug-likeness (QED) is 0.679. The molecule has 0 radical (unpaired) electrons. The minimum Gasteiger partial charge on any atom is -0.369 e.